The van der Waals surface area contributed by atoms with Crippen LogP contribution in [0.4, 0.5) is 0 Å². The van der Waals surface area contributed by atoms with Crippen LogP contribution >= 0.6 is 0 Å². The largest absolute Gasteiger partial charge is 0.292 e. The summed E-state index contributed by atoms with van der Waals surface area (Å²) in [7, 11) is 0. The number of nitro groups is 1. The lowest BCUT2D eigenvalue weighted by atomic mass is 9.78. The van der Waals surface area contributed by atoms with Gasteiger partial charge in [-0.25, -0.2) is 0 Å². The van der Waals surface area contributed by atoms with Crippen LogP contribution in [0.25, 0.3) is 6.08 Å². The van der Waals surface area contributed by atoms with E-state index in [1.165, 1.54) is 0 Å². The Morgan fingerprint density at radius 1 is 1.26 bits per heavy atom. The quantitative estimate of drug-likeness (QED) is 0.616. The van der Waals surface area contributed by atoms with Crippen molar-refractivity contribution >= 4 is 11.9 Å². The molecule has 2 rings (SSSR count). The monoisotopic (exact) mass is 259 g/mol. The van der Waals surface area contributed by atoms with Crippen LogP contribution in [-0.2, 0) is 4.79 Å². The molecule has 1 aliphatic rings. The van der Waals surface area contributed by atoms with Crippen molar-refractivity contribution in [2.24, 2.45) is 0 Å². The minimum absolute atomic E-state index is 0.188. The number of rotatable bonds is 4. The zero-order valence-electron chi connectivity index (χ0n) is 10.7. The van der Waals surface area contributed by atoms with E-state index >= 15 is 0 Å². The zero-order valence-corrected chi connectivity index (χ0v) is 10.7. The Balaban J connectivity index is 2.12. The van der Waals surface area contributed by atoms with Gasteiger partial charge in [-0.2, -0.15) is 0 Å². The number of Topliss-reactive ketones (excluding diaryl/α,β-unsaturated/α-hetero) is 1. The second kappa shape index (κ2) is 5.78. The normalized spacial score (nSPS) is 23.7. The van der Waals surface area contributed by atoms with Crippen LogP contribution in [0.5, 0.6) is 0 Å². The number of benzene rings is 1. The van der Waals surface area contributed by atoms with Crippen molar-refractivity contribution < 1.29 is 9.72 Å². The van der Waals surface area contributed by atoms with Crippen molar-refractivity contribution in [1.29, 1.82) is 0 Å². The Labute approximate surface area is 112 Å². The second-order valence-corrected chi connectivity index (χ2v) is 4.94. The Bertz CT molecular complexity index is 495. The van der Waals surface area contributed by atoms with E-state index in [4.69, 9.17) is 0 Å². The molecule has 0 amide bonds. The van der Waals surface area contributed by atoms with Gasteiger partial charge in [0.15, 0.2) is 0 Å². The first-order chi connectivity index (χ1) is 9.15. The van der Waals surface area contributed by atoms with Gasteiger partial charge in [0, 0.05) is 24.2 Å². The van der Waals surface area contributed by atoms with E-state index in [0.29, 0.717) is 12.8 Å². The first-order valence-corrected chi connectivity index (χ1v) is 6.54. The van der Waals surface area contributed by atoms with Gasteiger partial charge < -0.3 is 0 Å². The summed E-state index contributed by atoms with van der Waals surface area (Å²) in [5, 5.41) is 11.3. The van der Waals surface area contributed by atoms with E-state index in [1.807, 2.05) is 36.4 Å². The minimum atomic E-state index is -1.39. The van der Waals surface area contributed by atoms with Gasteiger partial charge in [0.1, 0.15) is 0 Å². The molecule has 1 atom stereocenters. The SMILES string of the molecule is O=C1CCCC[C@@]1(C/C=C/c1ccccc1)[N+](=O)[O-]. The van der Waals surface area contributed by atoms with Crippen LogP contribution in [0.3, 0.4) is 0 Å². The van der Waals surface area contributed by atoms with Crippen LogP contribution in [0.1, 0.15) is 37.7 Å². The lowest BCUT2D eigenvalue weighted by Crippen LogP contribution is -2.48. The third-order valence-corrected chi connectivity index (χ3v) is 3.68. The molecular weight excluding hydrogens is 242 g/mol. The van der Waals surface area contributed by atoms with Gasteiger partial charge in [-0.3, -0.25) is 14.9 Å². The maximum absolute atomic E-state index is 11.9. The predicted octanol–water partition coefficient (Wildman–Crippen LogP) is 3.25. The Morgan fingerprint density at radius 2 is 2.00 bits per heavy atom. The van der Waals surface area contributed by atoms with Gasteiger partial charge in [0.05, 0.1) is 0 Å². The number of carbonyl (C=O) groups excluding carboxylic acids is 1. The fourth-order valence-corrected chi connectivity index (χ4v) is 2.51. The third kappa shape index (κ3) is 2.89. The zero-order chi connectivity index (χ0) is 13.7. The molecule has 4 heteroatoms. The summed E-state index contributed by atoms with van der Waals surface area (Å²) in [4.78, 5) is 22.8. The average Bonchev–Trinajstić information content (AvgIpc) is 2.42. The molecular formula is C15H17NO3. The Hall–Kier alpha value is -1.97. The number of nitrogens with zero attached hydrogens (tertiary/aromatic N) is 1. The molecule has 0 N–H and O–H groups in total. The summed E-state index contributed by atoms with van der Waals surface area (Å²) in [6, 6.07) is 9.60. The van der Waals surface area contributed by atoms with Gasteiger partial charge in [-0.05, 0) is 18.4 Å². The van der Waals surface area contributed by atoms with Crippen molar-refractivity contribution in [3.05, 3.63) is 52.1 Å². The number of hydrogen-bond donors (Lipinski definition) is 0. The van der Waals surface area contributed by atoms with Crippen LogP contribution in [0.15, 0.2) is 36.4 Å². The summed E-state index contributed by atoms with van der Waals surface area (Å²) in [6.07, 6.45) is 6.00. The molecule has 0 spiro atoms. The number of carbonyl (C=O) groups is 1. The lowest BCUT2D eigenvalue weighted by molar-refractivity contribution is -0.553. The molecule has 1 saturated carbocycles. The summed E-state index contributed by atoms with van der Waals surface area (Å²) in [5.41, 5.74) is -0.395. The molecule has 100 valence electrons. The molecule has 1 aromatic carbocycles. The van der Waals surface area contributed by atoms with E-state index in [9.17, 15) is 14.9 Å². The topological polar surface area (TPSA) is 60.2 Å². The summed E-state index contributed by atoms with van der Waals surface area (Å²) >= 11 is 0. The molecule has 0 aliphatic heterocycles. The minimum Gasteiger partial charge on any atom is -0.292 e. The molecule has 1 aromatic rings. The maximum Gasteiger partial charge on any atom is 0.282 e. The molecule has 0 saturated heterocycles. The molecule has 0 bridgehead atoms. The molecule has 0 radical (unpaired) electrons. The highest BCUT2D eigenvalue weighted by Gasteiger charge is 2.50. The van der Waals surface area contributed by atoms with E-state index in [0.717, 1.165) is 18.4 Å². The molecule has 0 aromatic heterocycles. The highest BCUT2D eigenvalue weighted by molar-refractivity contribution is 5.88. The van der Waals surface area contributed by atoms with Gasteiger partial charge in [-0.1, -0.05) is 42.5 Å². The van der Waals surface area contributed by atoms with Gasteiger partial charge in [0.25, 0.3) is 5.54 Å². The third-order valence-electron chi connectivity index (χ3n) is 3.68. The maximum atomic E-state index is 11.9. The summed E-state index contributed by atoms with van der Waals surface area (Å²) in [5.74, 6) is -0.221. The highest BCUT2D eigenvalue weighted by atomic mass is 16.6. The van der Waals surface area contributed by atoms with Crippen molar-refractivity contribution in [2.45, 2.75) is 37.6 Å². The van der Waals surface area contributed by atoms with Crippen molar-refractivity contribution in [3.8, 4) is 0 Å². The second-order valence-electron chi connectivity index (χ2n) is 4.94. The summed E-state index contributed by atoms with van der Waals surface area (Å²) in [6.45, 7) is 0. The number of hydrogen-bond acceptors (Lipinski definition) is 3. The molecule has 0 unspecified atom stereocenters. The van der Waals surface area contributed by atoms with Crippen molar-refractivity contribution in [3.63, 3.8) is 0 Å². The number of ketones is 1. The standard InChI is InChI=1S/C15H17NO3/c17-14-10-4-5-11-15(14,16(18)19)12-6-9-13-7-2-1-3-8-13/h1-3,6-9H,4-5,10-12H2/b9-6+/t15-/m0/s1. The van der Waals surface area contributed by atoms with Crippen LogP contribution in [0.2, 0.25) is 0 Å². The first kappa shape index (κ1) is 13.5. The van der Waals surface area contributed by atoms with Gasteiger partial charge >= 0.3 is 0 Å². The molecule has 19 heavy (non-hydrogen) atoms. The van der Waals surface area contributed by atoms with Crippen molar-refractivity contribution in [1.82, 2.24) is 0 Å². The summed E-state index contributed by atoms with van der Waals surface area (Å²) < 4.78 is 0. The van der Waals surface area contributed by atoms with Crippen LogP contribution < -0.4 is 0 Å². The van der Waals surface area contributed by atoms with Gasteiger partial charge in [-0.15, -0.1) is 0 Å². The van der Waals surface area contributed by atoms with Crippen LogP contribution in [-0.4, -0.2) is 16.2 Å². The predicted molar refractivity (Wildman–Crippen MR) is 73.3 cm³/mol. The molecule has 4 nitrogen and oxygen atoms in total. The van der Waals surface area contributed by atoms with Gasteiger partial charge in [0.2, 0.25) is 5.78 Å². The Morgan fingerprint density at radius 3 is 2.63 bits per heavy atom. The first-order valence-electron chi connectivity index (χ1n) is 6.54. The van der Waals surface area contributed by atoms with Crippen molar-refractivity contribution in [2.75, 3.05) is 0 Å². The molecule has 0 heterocycles. The van der Waals surface area contributed by atoms with E-state index in [2.05, 4.69) is 0 Å². The van der Waals surface area contributed by atoms with Crippen LogP contribution in [0, 0.1) is 10.1 Å². The van der Waals surface area contributed by atoms with E-state index < -0.39 is 5.54 Å². The molecule has 1 fully saturated rings. The van der Waals surface area contributed by atoms with E-state index in [1.54, 1.807) is 6.08 Å². The fraction of sp³-hybridized carbons (Fsp3) is 0.400. The van der Waals surface area contributed by atoms with E-state index in [-0.39, 0.29) is 17.1 Å². The fourth-order valence-electron chi connectivity index (χ4n) is 2.51. The lowest BCUT2D eigenvalue weighted by Gasteiger charge is -2.26. The Kier molecular flexibility index (Phi) is 4.10. The highest BCUT2D eigenvalue weighted by Crippen LogP contribution is 2.31. The molecule has 1 aliphatic carbocycles. The average molecular weight is 259 g/mol. The smallest absolute Gasteiger partial charge is 0.282 e.